The lowest BCUT2D eigenvalue weighted by atomic mass is 10.1. The zero-order chi connectivity index (χ0) is 13.4. The van der Waals surface area contributed by atoms with E-state index >= 15 is 0 Å². The summed E-state index contributed by atoms with van der Waals surface area (Å²) in [7, 11) is 0. The van der Waals surface area contributed by atoms with Crippen molar-refractivity contribution in [1.82, 2.24) is 19.7 Å². The van der Waals surface area contributed by atoms with Crippen LogP contribution in [0.1, 0.15) is 0 Å². The van der Waals surface area contributed by atoms with E-state index in [1.807, 2.05) is 0 Å². The Morgan fingerprint density at radius 3 is 2.79 bits per heavy atom. The number of hydrogen-bond donors (Lipinski definition) is 0. The van der Waals surface area contributed by atoms with Gasteiger partial charge < -0.3 is 0 Å². The highest BCUT2D eigenvalue weighted by Crippen LogP contribution is 2.35. The van der Waals surface area contributed by atoms with E-state index < -0.39 is 5.82 Å². The fourth-order valence-corrected chi connectivity index (χ4v) is 2.81. The minimum atomic E-state index is -0.543. The Morgan fingerprint density at radius 1 is 1.21 bits per heavy atom. The quantitative estimate of drug-likeness (QED) is 0.675. The van der Waals surface area contributed by atoms with Gasteiger partial charge in [-0.25, -0.2) is 19.0 Å². The maximum atomic E-state index is 13.6. The monoisotopic (exact) mass is 314 g/mol. The largest absolute Gasteiger partial charge is 0.242 e. The molecule has 0 radical (unpaired) electrons. The molecular weight excluding hydrogens is 310 g/mol. The molecule has 2 heterocycles. The van der Waals surface area contributed by atoms with Gasteiger partial charge in [0.1, 0.15) is 29.2 Å². The fourth-order valence-electron chi connectivity index (χ4n) is 1.60. The van der Waals surface area contributed by atoms with Gasteiger partial charge in [0.25, 0.3) is 0 Å². The van der Waals surface area contributed by atoms with Crippen molar-refractivity contribution in [3.63, 3.8) is 0 Å². The van der Waals surface area contributed by atoms with Gasteiger partial charge >= 0.3 is 0 Å². The molecule has 0 atom stereocenters. The number of thiazole rings is 1. The van der Waals surface area contributed by atoms with Crippen molar-refractivity contribution in [3.05, 3.63) is 46.2 Å². The molecule has 0 unspecified atom stereocenters. The molecule has 2 aromatic heterocycles. The number of benzene rings is 1. The summed E-state index contributed by atoms with van der Waals surface area (Å²) in [4.78, 5) is 8.08. The van der Waals surface area contributed by atoms with Gasteiger partial charge in [-0.3, -0.25) is 0 Å². The van der Waals surface area contributed by atoms with Crippen LogP contribution in [-0.4, -0.2) is 19.7 Å². The molecule has 0 fully saturated rings. The molecule has 0 aliphatic carbocycles. The Morgan fingerprint density at radius 2 is 2.05 bits per heavy atom. The molecule has 8 heteroatoms. The smallest absolute Gasteiger partial charge is 0.147 e. The predicted octanol–water partition coefficient (Wildman–Crippen LogP) is 3.84. The zero-order valence-corrected chi connectivity index (χ0v) is 11.5. The highest BCUT2D eigenvalue weighted by Gasteiger charge is 2.16. The van der Waals surface area contributed by atoms with Gasteiger partial charge in [-0.1, -0.05) is 23.2 Å². The van der Waals surface area contributed by atoms with Crippen molar-refractivity contribution in [2.75, 3.05) is 0 Å². The second-order valence-corrected chi connectivity index (χ2v) is 5.24. The SMILES string of the molecule is Fc1cc(-c2ncsc2-n2cncn2)c(Cl)cc1Cl. The topological polar surface area (TPSA) is 43.6 Å². The van der Waals surface area contributed by atoms with Crippen LogP contribution < -0.4 is 0 Å². The maximum Gasteiger partial charge on any atom is 0.147 e. The Hall–Kier alpha value is -1.50. The fraction of sp³-hybridized carbons (Fsp3) is 0. The molecule has 0 aliphatic heterocycles. The Kier molecular flexibility index (Phi) is 3.22. The number of rotatable bonds is 2. The minimum Gasteiger partial charge on any atom is -0.242 e. The molecule has 3 rings (SSSR count). The van der Waals surface area contributed by atoms with Gasteiger partial charge in [0.05, 0.1) is 15.6 Å². The van der Waals surface area contributed by atoms with Crippen molar-refractivity contribution in [2.45, 2.75) is 0 Å². The zero-order valence-electron chi connectivity index (χ0n) is 9.22. The van der Waals surface area contributed by atoms with Gasteiger partial charge in [0.15, 0.2) is 0 Å². The van der Waals surface area contributed by atoms with Gasteiger partial charge in [-0.2, -0.15) is 5.10 Å². The summed E-state index contributed by atoms with van der Waals surface area (Å²) in [5, 5.41) is 5.05. The number of hydrogen-bond acceptors (Lipinski definition) is 4. The van der Waals surface area contributed by atoms with Crippen LogP contribution in [-0.2, 0) is 0 Å². The first-order valence-corrected chi connectivity index (χ1v) is 6.74. The van der Waals surface area contributed by atoms with E-state index in [0.717, 1.165) is 0 Å². The second-order valence-electron chi connectivity index (χ2n) is 3.59. The van der Waals surface area contributed by atoms with Gasteiger partial charge in [-0.05, 0) is 12.1 Å². The van der Waals surface area contributed by atoms with Crippen molar-refractivity contribution < 1.29 is 4.39 Å². The van der Waals surface area contributed by atoms with Crippen LogP contribution in [0.5, 0.6) is 0 Å². The van der Waals surface area contributed by atoms with Gasteiger partial charge in [-0.15, -0.1) is 11.3 Å². The van der Waals surface area contributed by atoms with E-state index in [1.165, 1.54) is 36.1 Å². The van der Waals surface area contributed by atoms with Gasteiger partial charge in [0.2, 0.25) is 0 Å². The van der Waals surface area contributed by atoms with Crippen LogP contribution in [0.2, 0.25) is 10.0 Å². The van der Waals surface area contributed by atoms with Crippen molar-refractivity contribution in [3.8, 4) is 16.3 Å². The molecule has 96 valence electrons. The Bertz CT molecular complexity index is 726. The van der Waals surface area contributed by atoms with E-state index in [1.54, 1.807) is 10.2 Å². The van der Waals surface area contributed by atoms with Crippen LogP contribution in [0.15, 0.2) is 30.3 Å². The molecule has 1 aromatic carbocycles. The maximum absolute atomic E-state index is 13.6. The highest BCUT2D eigenvalue weighted by atomic mass is 35.5. The molecule has 0 amide bonds. The molecule has 3 aromatic rings. The molecule has 0 aliphatic rings. The van der Waals surface area contributed by atoms with Crippen LogP contribution in [0.3, 0.4) is 0 Å². The van der Waals surface area contributed by atoms with Crippen LogP contribution in [0.4, 0.5) is 4.39 Å². The molecule has 4 nitrogen and oxygen atoms in total. The molecular formula is C11H5Cl2FN4S. The first-order chi connectivity index (χ1) is 9.16. The highest BCUT2D eigenvalue weighted by molar-refractivity contribution is 7.12. The van der Waals surface area contributed by atoms with E-state index in [4.69, 9.17) is 23.2 Å². The molecule has 0 saturated heterocycles. The summed E-state index contributed by atoms with van der Waals surface area (Å²) in [6, 6.07) is 2.62. The van der Waals surface area contributed by atoms with Crippen molar-refractivity contribution >= 4 is 34.5 Å². The lowest BCUT2D eigenvalue weighted by Gasteiger charge is -2.05. The molecule has 19 heavy (non-hydrogen) atoms. The minimum absolute atomic E-state index is 0.0220. The Balaban J connectivity index is 2.19. The van der Waals surface area contributed by atoms with Crippen molar-refractivity contribution in [1.29, 1.82) is 0 Å². The van der Waals surface area contributed by atoms with E-state index in [0.29, 0.717) is 21.3 Å². The third-order valence-corrected chi connectivity index (χ3v) is 3.86. The number of aromatic nitrogens is 4. The normalized spacial score (nSPS) is 10.9. The average molecular weight is 315 g/mol. The standard InChI is InChI=1S/C11H5Cl2FN4S/c12-7-2-8(13)9(14)1-6(7)10-11(19-5-16-10)18-4-15-3-17-18/h1-5H. The molecule has 0 spiro atoms. The summed E-state index contributed by atoms with van der Waals surface area (Å²) < 4.78 is 15.1. The average Bonchev–Trinajstić information content (AvgIpc) is 3.03. The van der Waals surface area contributed by atoms with Crippen LogP contribution in [0.25, 0.3) is 16.3 Å². The lowest BCUT2D eigenvalue weighted by molar-refractivity contribution is 0.628. The predicted molar refractivity (Wildman–Crippen MR) is 72.4 cm³/mol. The summed E-state index contributed by atoms with van der Waals surface area (Å²) in [5.74, 6) is -0.543. The summed E-state index contributed by atoms with van der Waals surface area (Å²) in [6.45, 7) is 0. The van der Waals surface area contributed by atoms with Crippen LogP contribution in [0, 0.1) is 5.82 Å². The second kappa shape index (κ2) is 4.88. The first-order valence-electron chi connectivity index (χ1n) is 5.10. The van der Waals surface area contributed by atoms with E-state index in [-0.39, 0.29) is 5.02 Å². The number of halogens is 3. The first kappa shape index (κ1) is 12.5. The van der Waals surface area contributed by atoms with E-state index in [9.17, 15) is 4.39 Å². The lowest BCUT2D eigenvalue weighted by Crippen LogP contribution is -1.95. The summed E-state index contributed by atoms with van der Waals surface area (Å²) in [5.41, 5.74) is 2.64. The molecule has 0 bridgehead atoms. The van der Waals surface area contributed by atoms with Crippen molar-refractivity contribution in [2.24, 2.45) is 0 Å². The summed E-state index contributed by atoms with van der Waals surface area (Å²) in [6.07, 6.45) is 2.95. The number of nitrogens with zero attached hydrogens (tertiary/aromatic N) is 4. The van der Waals surface area contributed by atoms with Crippen LogP contribution >= 0.6 is 34.5 Å². The van der Waals surface area contributed by atoms with E-state index in [2.05, 4.69) is 15.1 Å². The molecule has 0 saturated carbocycles. The molecule has 0 N–H and O–H groups in total. The van der Waals surface area contributed by atoms with Gasteiger partial charge in [0, 0.05) is 5.56 Å². The summed E-state index contributed by atoms with van der Waals surface area (Å²) >= 11 is 13.1. The third-order valence-electron chi connectivity index (χ3n) is 2.44. The Labute approximate surface area is 121 Å². The third kappa shape index (κ3) is 2.22.